The molecule has 2 heterocycles. The van der Waals surface area contributed by atoms with E-state index in [0.29, 0.717) is 19.6 Å². The largest absolute Gasteiger partial charge is 0.346 e. The van der Waals surface area contributed by atoms with Crippen LogP contribution in [-0.4, -0.2) is 42.0 Å². The zero-order valence-corrected chi connectivity index (χ0v) is 17.2. The van der Waals surface area contributed by atoms with Crippen LogP contribution in [0.5, 0.6) is 0 Å². The molecule has 3 amide bonds. The van der Waals surface area contributed by atoms with Crippen LogP contribution in [0.25, 0.3) is 0 Å². The molecular weight excluding hydrogens is 362 g/mol. The van der Waals surface area contributed by atoms with Crippen LogP contribution in [-0.2, 0) is 11.8 Å². The molecule has 5 heteroatoms. The number of carbonyl (C=O) groups excluding carboxylic acids is 2. The second kappa shape index (κ2) is 7.54. The highest BCUT2D eigenvalue weighted by atomic mass is 16.2. The molecule has 5 nitrogen and oxygen atoms in total. The van der Waals surface area contributed by atoms with Gasteiger partial charge in [-0.15, -0.1) is 0 Å². The van der Waals surface area contributed by atoms with Gasteiger partial charge in [0.1, 0.15) is 0 Å². The lowest BCUT2D eigenvalue weighted by molar-refractivity contribution is 0.0803. The third kappa shape index (κ3) is 4.00. The minimum absolute atomic E-state index is 0.00867. The first-order chi connectivity index (χ1) is 13.9. The number of urea groups is 1. The van der Waals surface area contributed by atoms with Gasteiger partial charge in [0, 0.05) is 36.2 Å². The predicted molar refractivity (Wildman–Crippen MR) is 114 cm³/mol. The number of benzene rings is 2. The van der Waals surface area contributed by atoms with Crippen LogP contribution in [0.4, 0.5) is 4.79 Å². The van der Waals surface area contributed by atoms with Crippen molar-refractivity contribution in [3.8, 4) is 0 Å². The SMILES string of the molecule is CC(C)(CNC(=O)N1CCC2(CC1)Cc1ccccc1C(=O)N2)c1ccccc1. The van der Waals surface area contributed by atoms with Crippen molar-refractivity contribution in [1.82, 2.24) is 15.5 Å². The maximum atomic E-state index is 12.7. The summed E-state index contributed by atoms with van der Waals surface area (Å²) in [5.41, 5.74) is 2.74. The maximum Gasteiger partial charge on any atom is 0.317 e. The Bertz CT molecular complexity index is 899. The van der Waals surface area contributed by atoms with Gasteiger partial charge in [0.2, 0.25) is 0 Å². The Hall–Kier alpha value is -2.82. The number of nitrogens with one attached hydrogen (secondary N) is 2. The number of amides is 3. The van der Waals surface area contributed by atoms with Gasteiger partial charge >= 0.3 is 6.03 Å². The number of piperidine rings is 1. The fourth-order valence-electron chi connectivity index (χ4n) is 4.45. The molecule has 29 heavy (non-hydrogen) atoms. The van der Waals surface area contributed by atoms with Crippen molar-refractivity contribution in [2.75, 3.05) is 19.6 Å². The lowest BCUT2D eigenvalue weighted by Crippen LogP contribution is -2.60. The average molecular weight is 392 g/mol. The van der Waals surface area contributed by atoms with Crippen molar-refractivity contribution in [2.24, 2.45) is 0 Å². The van der Waals surface area contributed by atoms with E-state index in [-0.39, 0.29) is 22.9 Å². The molecule has 152 valence electrons. The molecule has 4 rings (SSSR count). The molecule has 0 atom stereocenters. The van der Waals surface area contributed by atoms with E-state index < -0.39 is 0 Å². The van der Waals surface area contributed by atoms with E-state index in [0.717, 1.165) is 30.4 Å². The standard InChI is InChI=1S/C24H29N3O2/c1-23(2,19-9-4-3-5-10-19)17-25-22(29)27-14-12-24(13-15-27)16-18-8-6-7-11-20(18)21(28)26-24/h3-11H,12-17H2,1-2H3,(H,25,29)(H,26,28). The summed E-state index contributed by atoms with van der Waals surface area (Å²) < 4.78 is 0. The van der Waals surface area contributed by atoms with Crippen LogP contribution in [0.2, 0.25) is 0 Å². The van der Waals surface area contributed by atoms with Crippen molar-refractivity contribution < 1.29 is 9.59 Å². The lowest BCUT2D eigenvalue weighted by Gasteiger charge is -2.45. The van der Waals surface area contributed by atoms with Crippen molar-refractivity contribution in [1.29, 1.82) is 0 Å². The molecule has 0 unspecified atom stereocenters. The monoisotopic (exact) mass is 391 g/mol. The van der Waals surface area contributed by atoms with Gasteiger partial charge in [-0.05, 0) is 36.5 Å². The summed E-state index contributed by atoms with van der Waals surface area (Å²) >= 11 is 0. The van der Waals surface area contributed by atoms with Gasteiger partial charge in [-0.2, -0.15) is 0 Å². The molecule has 2 aliphatic rings. The van der Waals surface area contributed by atoms with Gasteiger partial charge in [0.15, 0.2) is 0 Å². The molecule has 2 N–H and O–H groups in total. The van der Waals surface area contributed by atoms with Gasteiger partial charge < -0.3 is 15.5 Å². The van der Waals surface area contributed by atoms with E-state index >= 15 is 0 Å². The predicted octanol–water partition coefficient (Wildman–Crippen LogP) is 3.49. The Labute approximate surface area is 172 Å². The molecule has 0 aromatic heterocycles. The highest BCUT2D eigenvalue weighted by Crippen LogP contribution is 2.32. The molecule has 0 aliphatic carbocycles. The summed E-state index contributed by atoms with van der Waals surface area (Å²) in [6.07, 6.45) is 2.40. The van der Waals surface area contributed by atoms with Crippen LogP contribution in [0, 0.1) is 0 Å². The van der Waals surface area contributed by atoms with Crippen molar-refractivity contribution in [3.63, 3.8) is 0 Å². The first-order valence-corrected chi connectivity index (χ1v) is 10.4. The van der Waals surface area contributed by atoms with Gasteiger partial charge in [-0.3, -0.25) is 4.79 Å². The third-order valence-electron chi connectivity index (χ3n) is 6.41. The van der Waals surface area contributed by atoms with Crippen molar-refractivity contribution in [2.45, 2.75) is 44.1 Å². The first kappa shape index (κ1) is 19.5. The molecule has 0 radical (unpaired) electrons. The minimum Gasteiger partial charge on any atom is -0.346 e. The van der Waals surface area contributed by atoms with Gasteiger partial charge in [0.05, 0.1) is 0 Å². The fourth-order valence-corrected chi connectivity index (χ4v) is 4.45. The maximum absolute atomic E-state index is 12.7. The number of rotatable bonds is 3. The normalized spacial score (nSPS) is 18.1. The molecule has 0 saturated carbocycles. The summed E-state index contributed by atoms with van der Waals surface area (Å²) in [6.45, 7) is 6.17. The molecular formula is C24H29N3O2. The summed E-state index contributed by atoms with van der Waals surface area (Å²) in [5.74, 6) is 0.00867. The number of hydrogen-bond acceptors (Lipinski definition) is 2. The summed E-state index contributed by atoms with van der Waals surface area (Å²) in [5, 5.41) is 6.33. The van der Waals surface area contributed by atoms with E-state index in [1.54, 1.807) is 0 Å². The molecule has 2 aromatic carbocycles. The molecule has 2 aromatic rings. The van der Waals surface area contributed by atoms with Gasteiger partial charge in [-0.25, -0.2) is 4.79 Å². The van der Waals surface area contributed by atoms with Crippen LogP contribution < -0.4 is 10.6 Å². The Morgan fingerprint density at radius 1 is 1.07 bits per heavy atom. The van der Waals surface area contributed by atoms with E-state index in [1.807, 2.05) is 47.4 Å². The topological polar surface area (TPSA) is 61.4 Å². The van der Waals surface area contributed by atoms with Crippen LogP contribution >= 0.6 is 0 Å². The molecule has 2 aliphatic heterocycles. The average Bonchev–Trinajstić information content (AvgIpc) is 2.73. The highest BCUT2D eigenvalue weighted by Gasteiger charge is 2.41. The smallest absolute Gasteiger partial charge is 0.317 e. The second-order valence-electron chi connectivity index (χ2n) is 8.96. The molecule has 1 fully saturated rings. The van der Waals surface area contributed by atoms with E-state index in [2.05, 4.69) is 36.6 Å². The highest BCUT2D eigenvalue weighted by molar-refractivity contribution is 5.97. The van der Waals surface area contributed by atoms with E-state index in [4.69, 9.17) is 0 Å². The summed E-state index contributed by atoms with van der Waals surface area (Å²) in [6, 6.07) is 18.0. The summed E-state index contributed by atoms with van der Waals surface area (Å²) in [4.78, 5) is 27.1. The molecule has 1 saturated heterocycles. The van der Waals surface area contributed by atoms with Crippen molar-refractivity contribution >= 4 is 11.9 Å². The Kier molecular flexibility index (Phi) is 5.07. The summed E-state index contributed by atoms with van der Waals surface area (Å²) in [7, 11) is 0. The second-order valence-corrected chi connectivity index (χ2v) is 8.96. The number of fused-ring (bicyclic) bond motifs is 1. The lowest BCUT2D eigenvalue weighted by atomic mass is 9.78. The molecule has 0 bridgehead atoms. The van der Waals surface area contributed by atoms with Gasteiger partial charge in [-0.1, -0.05) is 62.4 Å². The number of carbonyl (C=O) groups is 2. The zero-order valence-electron chi connectivity index (χ0n) is 17.2. The number of likely N-dealkylation sites (tertiary alicyclic amines) is 1. The minimum atomic E-state index is -0.231. The third-order valence-corrected chi connectivity index (χ3v) is 6.41. The molecule has 1 spiro atoms. The Morgan fingerprint density at radius 2 is 1.72 bits per heavy atom. The number of hydrogen-bond donors (Lipinski definition) is 2. The number of nitrogens with zero attached hydrogens (tertiary/aromatic N) is 1. The Morgan fingerprint density at radius 3 is 2.45 bits per heavy atom. The van der Waals surface area contributed by atoms with Crippen LogP contribution in [0.1, 0.15) is 48.2 Å². The van der Waals surface area contributed by atoms with Gasteiger partial charge in [0.25, 0.3) is 5.91 Å². The first-order valence-electron chi connectivity index (χ1n) is 10.4. The van der Waals surface area contributed by atoms with Crippen LogP contribution in [0.15, 0.2) is 54.6 Å². The van der Waals surface area contributed by atoms with E-state index in [1.165, 1.54) is 5.56 Å². The fraction of sp³-hybridized carbons (Fsp3) is 0.417. The van der Waals surface area contributed by atoms with Crippen LogP contribution in [0.3, 0.4) is 0 Å². The van der Waals surface area contributed by atoms with Crippen molar-refractivity contribution in [3.05, 3.63) is 71.3 Å². The zero-order chi connectivity index (χ0) is 20.5. The quantitative estimate of drug-likeness (QED) is 0.841. The Balaban J connectivity index is 1.34. The van der Waals surface area contributed by atoms with E-state index in [9.17, 15) is 9.59 Å².